The summed E-state index contributed by atoms with van der Waals surface area (Å²) in [5.41, 5.74) is 1.46. The van der Waals surface area contributed by atoms with Crippen molar-refractivity contribution in [2.45, 2.75) is 30.8 Å². The molecule has 0 radical (unpaired) electrons. The van der Waals surface area contributed by atoms with Gasteiger partial charge in [0.1, 0.15) is 18.1 Å². The summed E-state index contributed by atoms with van der Waals surface area (Å²) in [5.74, 6) is -2.27. The van der Waals surface area contributed by atoms with Crippen molar-refractivity contribution in [3.05, 3.63) is 84.2 Å². The van der Waals surface area contributed by atoms with Crippen molar-refractivity contribution in [1.82, 2.24) is 9.44 Å². The van der Waals surface area contributed by atoms with E-state index >= 15 is 0 Å². The molecule has 45 heavy (non-hydrogen) atoms. The molecule has 4 aromatic rings. The van der Waals surface area contributed by atoms with Gasteiger partial charge >= 0.3 is 22.1 Å². The summed E-state index contributed by atoms with van der Waals surface area (Å²) in [6, 6.07) is 16.8. The van der Waals surface area contributed by atoms with Crippen molar-refractivity contribution < 1.29 is 45.4 Å². The highest BCUT2D eigenvalue weighted by molar-refractivity contribution is 8.05. The summed E-state index contributed by atoms with van der Waals surface area (Å²) >= 11 is 0. The van der Waals surface area contributed by atoms with Crippen molar-refractivity contribution in [2.24, 2.45) is 0 Å². The number of sulfonamides is 1. The van der Waals surface area contributed by atoms with Gasteiger partial charge in [-0.3, -0.25) is 4.79 Å². The molecular weight excluding hydrogens is 629 g/mol. The Balaban J connectivity index is 1.53. The van der Waals surface area contributed by atoms with Crippen LogP contribution in [0.25, 0.3) is 21.9 Å². The molecule has 1 atom stereocenters. The number of nitrogens with one attached hydrogen (secondary N) is 2. The zero-order valence-electron chi connectivity index (χ0n) is 24.0. The largest absolute Gasteiger partial charge is 0.497 e. The lowest BCUT2D eigenvalue weighted by molar-refractivity contribution is -0.137. The van der Waals surface area contributed by atoms with E-state index in [2.05, 4.69) is 5.32 Å². The Morgan fingerprint density at radius 1 is 1.02 bits per heavy atom. The molecule has 0 aliphatic carbocycles. The highest BCUT2D eigenvalue weighted by Gasteiger charge is 2.37. The second kappa shape index (κ2) is 12.4. The van der Waals surface area contributed by atoms with Crippen LogP contribution in [0.4, 0.5) is 10.1 Å². The van der Waals surface area contributed by atoms with Gasteiger partial charge in [-0.1, -0.05) is 40.5 Å². The summed E-state index contributed by atoms with van der Waals surface area (Å²) < 4.78 is 81.3. The average molecular weight is 658 g/mol. The zero-order chi connectivity index (χ0) is 32.5. The number of aliphatic carboxylic acids is 1. The van der Waals surface area contributed by atoms with Gasteiger partial charge in [0.25, 0.3) is 10.0 Å². The molecule has 5 rings (SSSR count). The van der Waals surface area contributed by atoms with Crippen molar-refractivity contribution in [3.8, 4) is 22.6 Å². The Labute approximate surface area is 258 Å². The Morgan fingerprint density at radius 3 is 2.47 bits per heavy atom. The minimum Gasteiger partial charge on any atom is -0.497 e. The maximum atomic E-state index is 14.5. The molecule has 236 valence electrons. The maximum Gasteiger partial charge on any atom is 0.332 e. The summed E-state index contributed by atoms with van der Waals surface area (Å²) in [4.78, 5) is 22.9. The summed E-state index contributed by atoms with van der Waals surface area (Å²) in [6.07, 6.45) is -0.125. The number of anilines is 1. The first-order valence-electron chi connectivity index (χ1n) is 13.5. The quantitative estimate of drug-likeness (QED) is 0.160. The molecule has 1 aliphatic rings. The lowest BCUT2D eigenvalue weighted by Crippen LogP contribution is -2.48. The van der Waals surface area contributed by atoms with E-state index in [1.54, 1.807) is 35.3 Å². The molecule has 3 N–H and O–H groups in total. The monoisotopic (exact) mass is 657 g/mol. The normalized spacial score (nSPS) is 14.1. The number of ether oxygens (including phenoxy) is 2. The van der Waals surface area contributed by atoms with Gasteiger partial charge in [0.2, 0.25) is 0 Å². The molecule has 0 spiro atoms. The van der Waals surface area contributed by atoms with Crippen LogP contribution in [-0.4, -0.2) is 53.6 Å². The van der Waals surface area contributed by atoms with Gasteiger partial charge in [0, 0.05) is 24.0 Å². The molecule has 0 saturated heterocycles. The van der Waals surface area contributed by atoms with Gasteiger partial charge in [-0.15, -0.1) is 0 Å². The number of nitrogens with zero attached hydrogens (tertiary/aromatic N) is 1. The molecule has 0 unspecified atom stereocenters. The van der Waals surface area contributed by atoms with Crippen molar-refractivity contribution in [1.29, 1.82) is 0 Å². The maximum absolute atomic E-state index is 14.5. The van der Waals surface area contributed by atoms with Crippen LogP contribution in [0.5, 0.6) is 11.5 Å². The van der Waals surface area contributed by atoms with Gasteiger partial charge in [-0.05, 0) is 59.3 Å². The number of carbonyl (C=O) groups excluding carboxylic acids is 1. The third kappa shape index (κ3) is 6.76. The van der Waals surface area contributed by atoms with Crippen molar-refractivity contribution in [3.63, 3.8) is 0 Å². The Morgan fingerprint density at radius 2 is 1.76 bits per heavy atom. The minimum absolute atomic E-state index is 0.0665. The molecule has 1 heterocycles. The van der Waals surface area contributed by atoms with Crippen LogP contribution in [0.15, 0.2) is 77.7 Å². The lowest BCUT2D eigenvalue weighted by atomic mass is 9.94. The van der Waals surface area contributed by atoms with E-state index in [1.807, 2.05) is 0 Å². The van der Waals surface area contributed by atoms with E-state index in [9.17, 15) is 30.8 Å². The molecule has 0 saturated carbocycles. The number of rotatable bonds is 11. The van der Waals surface area contributed by atoms with Crippen molar-refractivity contribution in [2.75, 3.05) is 18.0 Å². The predicted octanol–water partition coefficient (Wildman–Crippen LogP) is 3.56. The standard InChI is InChI=1S/C30H28FN3O9S2/c1-18(13-29(35)36)32-16-19-7-8-20(31)14-25(19)23-10-12-28(24-6-4-3-5-22(23)24)44(38,39)33-45(40,41)34-17-30(37)43-27-15-21(42-2)9-11-26(27)34/h3-12,14-15,18,32-33H,13,16-17H2,1-2H3,(H,35,36)/t18-/m0/s1. The highest BCUT2D eigenvalue weighted by Crippen LogP contribution is 2.38. The van der Waals surface area contributed by atoms with Crippen LogP contribution in [0.2, 0.25) is 0 Å². The van der Waals surface area contributed by atoms with Gasteiger partial charge in [-0.2, -0.15) is 8.42 Å². The predicted molar refractivity (Wildman–Crippen MR) is 163 cm³/mol. The third-order valence-electron chi connectivity index (χ3n) is 7.09. The molecule has 15 heteroatoms. The molecule has 0 fully saturated rings. The summed E-state index contributed by atoms with van der Waals surface area (Å²) in [7, 11) is -8.27. The van der Waals surface area contributed by atoms with Gasteiger partial charge in [0.05, 0.1) is 24.1 Å². The van der Waals surface area contributed by atoms with Gasteiger partial charge in [-0.25, -0.2) is 21.9 Å². The number of methoxy groups -OCH3 is 1. The van der Waals surface area contributed by atoms with Crippen LogP contribution in [0.3, 0.4) is 0 Å². The van der Waals surface area contributed by atoms with Crippen LogP contribution >= 0.6 is 0 Å². The Bertz CT molecular complexity index is 2040. The molecule has 1 aliphatic heterocycles. The highest BCUT2D eigenvalue weighted by atomic mass is 32.3. The number of halogens is 1. The number of hydrogen-bond donors (Lipinski definition) is 3. The Kier molecular flexibility index (Phi) is 8.80. The van der Waals surface area contributed by atoms with Gasteiger partial charge in [0.15, 0.2) is 5.75 Å². The number of carboxylic acid groups (broad SMARTS) is 1. The minimum atomic E-state index is -4.87. The van der Waals surface area contributed by atoms with Crippen LogP contribution in [0, 0.1) is 5.82 Å². The molecule has 0 bridgehead atoms. The average Bonchev–Trinajstić information content (AvgIpc) is 2.98. The third-order valence-corrected chi connectivity index (χ3v) is 10.7. The smallest absolute Gasteiger partial charge is 0.332 e. The number of esters is 1. The number of hydrogen-bond acceptors (Lipinski definition) is 9. The van der Waals surface area contributed by atoms with E-state index in [0.717, 1.165) is 0 Å². The molecule has 0 amide bonds. The molecular formula is C30H28FN3O9S2. The van der Waals surface area contributed by atoms with E-state index in [-0.39, 0.29) is 40.7 Å². The topological polar surface area (TPSA) is 168 Å². The first-order valence-corrected chi connectivity index (χ1v) is 16.4. The lowest BCUT2D eigenvalue weighted by Gasteiger charge is -2.29. The van der Waals surface area contributed by atoms with E-state index in [1.165, 1.54) is 55.6 Å². The fourth-order valence-electron chi connectivity index (χ4n) is 5.02. The molecule has 0 aromatic heterocycles. The fraction of sp³-hybridized carbons (Fsp3) is 0.200. The number of carboxylic acids is 1. The molecule has 4 aromatic carbocycles. The number of benzene rings is 4. The van der Waals surface area contributed by atoms with Crippen LogP contribution in [-0.2, 0) is 36.4 Å². The summed E-state index contributed by atoms with van der Waals surface area (Å²) in [5, 5.41) is 12.7. The first kappa shape index (κ1) is 31.8. The SMILES string of the molecule is COc1ccc2c(c1)OC(=O)CN2S(=O)(=O)NS(=O)(=O)c1ccc(-c2cc(F)ccc2CN[C@@H](C)CC(=O)O)c2ccccc12. The second-order valence-electron chi connectivity index (χ2n) is 10.2. The summed E-state index contributed by atoms with van der Waals surface area (Å²) in [6.45, 7) is 1.13. The van der Waals surface area contributed by atoms with Crippen LogP contribution < -0.4 is 23.2 Å². The fourth-order valence-corrected chi connectivity index (χ4v) is 8.25. The zero-order valence-corrected chi connectivity index (χ0v) is 25.6. The number of carbonyl (C=O) groups is 2. The Hall–Kier alpha value is -4.57. The van der Waals surface area contributed by atoms with Crippen LogP contribution in [0.1, 0.15) is 18.9 Å². The second-order valence-corrected chi connectivity index (χ2v) is 13.7. The van der Waals surface area contributed by atoms with Crippen molar-refractivity contribution >= 4 is 48.6 Å². The van der Waals surface area contributed by atoms with E-state index < -0.39 is 44.5 Å². The van der Waals surface area contributed by atoms with Gasteiger partial charge < -0.3 is 19.9 Å². The first-order chi connectivity index (χ1) is 21.3. The van der Waals surface area contributed by atoms with E-state index in [0.29, 0.717) is 32.1 Å². The molecule has 12 nitrogen and oxygen atoms in total. The number of fused-ring (bicyclic) bond motifs is 2. The van der Waals surface area contributed by atoms with E-state index in [4.69, 9.17) is 14.6 Å².